The first-order valence-electron chi connectivity index (χ1n) is 7.58. The number of benzene rings is 1. The first kappa shape index (κ1) is 18.9. The fourth-order valence-electron chi connectivity index (χ4n) is 1.95. The molecular formula is C18H18ClFN2O3. The molecule has 0 saturated carbocycles. The van der Waals surface area contributed by atoms with Crippen LogP contribution in [0.1, 0.15) is 47.2 Å². The van der Waals surface area contributed by atoms with Gasteiger partial charge in [-0.15, -0.1) is 0 Å². The Kier molecular flexibility index (Phi) is 5.74. The highest BCUT2D eigenvalue weighted by Gasteiger charge is 2.18. The summed E-state index contributed by atoms with van der Waals surface area (Å²) in [6.07, 6.45) is 1.26. The van der Waals surface area contributed by atoms with E-state index in [9.17, 15) is 14.0 Å². The van der Waals surface area contributed by atoms with Gasteiger partial charge in [-0.1, -0.05) is 17.7 Å². The lowest BCUT2D eigenvalue weighted by Gasteiger charge is -2.19. The number of carbonyl (C=O) groups excluding carboxylic acids is 2. The van der Waals surface area contributed by atoms with Gasteiger partial charge in [-0.2, -0.15) is 0 Å². The van der Waals surface area contributed by atoms with Crippen molar-refractivity contribution in [3.63, 3.8) is 0 Å². The number of nitrogens with zero attached hydrogens (tertiary/aromatic N) is 1. The number of amides is 1. The molecule has 1 amide bonds. The molecule has 0 unspecified atom stereocenters. The third kappa shape index (κ3) is 5.26. The summed E-state index contributed by atoms with van der Waals surface area (Å²) in [6.45, 7) is 5.20. The molecule has 0 radical (unpaired) electrons. The van der Waals surface area contributed by atoms with Crippen molar-refractivity contribution in [3.8, 4) is 0 Å². The third-order valence-corrected chi connectivity index (χ3v) is 3.47. The van der Waals surface area contributed by atoms with E-state index >= 15 is 0 Å². The number of aromatic nitrogens is 1. The minimum atomic E-state index is -0.619. The van der Waals surface area contributed by atoms with Crippen LogP contribution in [0, 0.1) is 5.82 Å². The fourth-order valence-corrected chi connectivity index (χ4v) is 2.18. The Balaban J connectivity index is 2.02. The summed E-state index contributed by atoms with van der Waals surface area (Å²) >= 11 is 5.91. The van der Waals surface area contributed by atoms with Crippen molar-refractivity contribution in [2.45, 2.75) is 32.9 Å². The maximum absolute atomic E-state index is 13.7. The van der Waals surface area contributed by atoms with Crippen LogP contribution in [-0.4, -0.2) is 22.5 Å². The smallest absolute Gasteiger partial charge is 0.340 e. The molecule has 0 atom stereocenters. The molecule has 0 aliphatic rings. The Morgan fingerprint density at radius 1 is 1.24 bits per heavy atom. The van der Waals surface area contributed by atoms with Crippen LogP contribution in [0.5, 0.6) is 0 Å². The predicted octanol–water partition coefficient (Wildman–Crippen LogP) is 3.76. The monoisotopic (exact) mass is 364 g/mol. The van der Waals surface area contributed by atoms with Crippen LogP contribution >= 0.6 is 11.6 Å². The van der Waals surface area contributed by atoms with Gasteiger partial charge in [0.25, 0.3) is 5.91 Å². The van der Waals surface area contributed by atoms with Crippen LogP contribution in [0.25, 0.3) is 0 Å². The first-order chi connectivity index (χ1) is 11.7. The van der Waals surface area contributed by atoms with Crippen LogP contribution in [-0.2, 0) is 11.3 Å². The van der Waals surface area contributed by atoms with Crippen LogP contribution in [0.3, 0.4) is 0 Å². The van der Waals surface area contributed by atoms with E-state index in [1.165, 1.54) is 30.5 Å². The van der Waals surface area contributed by atoms with Crippen LogP contribution in [0.4, 0.5) is 4.39 Å². The molecule has 0 aliphatic carbocycles. The Morgan fingerprint density at radius 3 is 2.52 bits per heavy atom. The molecular weight excluding hydrogens is 347 g/mol. The molecule has 1 heterocycles. The van der Waals surface area contributed by atoms with Gasteiger partial charge in [-0.3, -0.25) is 9.78 Å². The molecule has 0 saturated heterocycles. The van der Waals surface area contributed by atoms with Crippen molar-refractivity contribution < 1.29 is 18.7 Å². The second-order valence-electron chi connectivity index (χ2n) is 6.32. The van der Waals surface area contributed by atoms with E-state index < -0.39 is 23.3 Å². The first-order valence-corrected chi connectivity index (χ1v) is 7.95. The number of rotatable bonds is 4. The summed E-state index contributed by atoms with van der Waals surface area (Å²) in [7, 11) is 0. The normalized spacial score (nSPS) is 11.1. The van der Waals surface area contributed by atoms with Gasteiger partial charge in [0.1, 0.15) is 17.1 Å². The van der Waals surface area contributed by atoms with Crippen molar-refractivity contribution in [2.24, 2.45) is 0 Å². The van der Waals surface area contributed by atoms with Crippen LogP contribution < -0.4 is 5.32 Å². The summed E-state index contributed by atoms with van der Waals surface area (Å²) < 4.78 is 18.9. The molecule has 1 aromatic carbocycles. The zero-order valence-corrected chi connectivity index (χ0v) is 14.9. The third-order valence-electron chi connectivity index (χ3n) is 3.12. The van der Waals surface area contributed by atoms with Gasteiger partial charge in [-0.25, -0.2) is 9.18 Å². The van der Waals surface area contributed by atoms with Crippen molar-refractivity contribution in [3.05, 3.63) is 64.2 Å². The number of pyridine rings is 1. The minimum absolute atomic E-state index is 0.0696. The molecule has 2 aromatic rings. The lowest BCUT2D eigenvalue weighted by atomic mass is 10.2. The number of carbonyl (C=O) groups is 2. The van der Waals surface area contributed by atoms with Gasteiger partial charge in [0, 0.05) is 23.3 Å². The topological polar surface area (TPSA) is 68.3 Å². The molecule has 1 aromatic heterocycles. The zero-order valence-electron chi connectivity index (χ0n) is 14.1. The number of hydrogen-bond donors (Lipinski definition) is 1. The Bertz CT molecular complexity index is 766. The molecule has 2 rings (SSSR count). The Morgan fingerprint density at radius 2 is 1.96 bits per heavy atom. The van der Waals surface area contributed by atoms with Gasteiger partial charge in [0.2, 0.25) is 0 Å². The Hall–Kier alpha value is -2.47. The van der Waals surface area contributed by atoms with Gasteiger partial charge >= 0.3 is 5.97 Å². The summed E-state index contributed by atoms with van der Waals surface area (Å²) in [5, 5.41) is 2.77. The molecule has 0 fully saturated rings. The van der Waals surface area contributed by atoms with Gasteiger partial charge in [-0.05, 0) is 45.0 Å². The number of halogens is 2. The summed E-state index contributed by atoms with van der Waals surface area (Å²) in [4.78, 5) is 28.0. The summed E-state index contributed by atoms with van der Waals surface area (Å²) in [6, 6.07) is 7.14. The molecule has 132 valence electrons. The van der Waals surface area contributed by atoms with E-state index in [0.29, 0.717) is 0 Å². The molecule has 0 bridgehead atoms. The summed E-state index contributed by atoms with van der Waals surface area (Å²) in [5.74, 6) is -1.53. The van der Waals surface area contributed by atoms with Crippen LogP contribution in [0.2, 0.25) is 5.02 Å². The van der Waals surface area contributed by atoms with Crippen molar-refractivity contribution in [1.82, 2.24) is 10.3 Å². The molecule has 7 heteroatoms. The van der Waals surface area contributed by atoms with E-state index in [4.69, 9.17) is 16.3 Å². The second kappa shape index (κ2) is 7.61. The van der Waals surface area contributed by atoms with Crippen LogP contribution in [0.15, 0.2) is 36.5 Å². The van der Waals surface area contributed by atoms with E-state index in [1.807, 2.05) is 0 Å². The highest BCUT2D eigenvalue weighted by Crippen LogP contribution is 2.18. The fraction of sp³-hybridized carbons (Fsp3) is 0.278. The lowest BCUT2D eigenvalue weighted by molar-refractivity contribution is 0.00688. The zero-order chi connectivity index (χ0) is 18.6. The molecule has 0 aliphatic heterocycles. The lowest BCUT2D eigenvalue weighted by Crippen LogP contribution is -2.25. The van der Waals surface area contributed by atoms with E-state index in [0.717, 1.165) is 0 Å². The van der Waals surface area contributed by atoms with E-state index in [2.05, 4.69) is 10.3 Å². The van der Waals surface area contributed by atoms with Gasteiger partial charge in [0.05, 0.1) is 5.56 Å². The number of esters is 1. The maximum Gasteiger partial charge on any atom is 0.340 e. The van der Waals surface area contributed by atoms with Crippen molar-refractivity contribution in [1.29, 1.82) is 0 Å². The second-order valence-corrected chi connectivity index (χ2v) is 6.72. The number of hydrogen-bond acceptors (Lipinski definition) is 4. The molecule has 0 spiro atoms. The highest BCUT2D eigenvalue weighted by atomic mass is 35.5. The quantitative estimate of drug-likeness (QED) is 0.839. The minimum Gasteiger partial charge on any atom is -0.456 e. The van der Waals surface area contributed by atoms with Gasteiger partial charge < -0.3 is 10.1 Å². The number of ether oxygens (including phenoxy) is 1. The summed E-state index contributed by atoms with van der Waals surface area (Å²) in [5.41, 5.74) is -0.0853. The maximum atomic E-state index is 13.7. The Labute approximate surface area is 150 Å². The largest absolute Gasteiger partial charge is 0.456 e. The van der Waals surface area contributed by atoms with E-state index in [-0.39, 0.29) is 28.4 Å². The predicted molar refractivity (Wildman–Crippen MR) is 92.0 cm³/mol. The highest BCUT2D eigenvalue weighted by molar-refractivity contribution is 6.31. The molecule has 5 nitrogen and oxygen atoms in total. The van der Waals surface area contributed by atoms with E-state index in [1.54, 1.807) is 26.8 Å². The number of nitrogens with one attached hydrogen (secondary N) is 1. The average Bonchev–Trinajstić information content (AvgIpc) is 2.52. The molecule has 25 heavy (non-hydrogen) atoms. The molecule has 1 N–H and O–H groups in total. The standard InChI is InChI=1S/C18H18ClFN2O3/c1-18(2,3)25-17(24)11-7-8-15(21-9-11)16(23)22-10-12-13(19)5-4-6-14(12)20/h4-9H,10H2,1-3H3,(H,22,23). The SMILES string of the molecule is CC(C)(C)OC(=O)c1ccc(C(=O)NCc2c(F)cccc2Cl)nc1. The average molecular weight is 365 g/mol. The van der Waals surface area contributed by atoms with Gasteiger partial charge in [0.15, 0.2) is 0 Å². The van der Waals surface area contributed by atoms with Crippen molar-refractivity contribution >= 4 is 23.5 Å². The van der Waals surface area contributed by atoms with Crippen molar-refractivity contribution in [2.75, 3.05) is 0 Å².